The van der Waals surface area contributed by atoms with Gasteiger partial charge in [-0.1, -0.05) is 0 Å². The number of carbonyl (C=O) groups excluding carboxylic acids is 1. The van der Waals surface area contributed by atoms with Gasteiger partial charge in [-0.2, -0.15) is 0 Å². The summed E-state index contributed by atoms with van der Waals surface area (Å²) in [6.07, 6.45) is 0. The van der Waals surface area contributed by atoms with Gasteiger partial charge in [-0.3, -0.25) is 4.79 Å². The van der Waals surface area contributed by atoms with Crippen molar-refractivity contribution < 1.29 is 22.7 Å². The number of ether oxygens (including phenoxy) is 1. The average molecular weight is 296 g/mol. The SMILES string of the molecule is COc1ccc(N)c(C(=O)Nc2cc(F)c(F)cc2F)c1. The Morgan fingerprint density at radius 1 is 1.10 bits per heavy atom. The monoisotopic (exact) mass is 296 g/mol. The standard InChI is InChI=1S/C14H11F3N2O2/c1-21-7-2-3-12(18)8(4-7)14(20)19-13-6-10(16)9(15)5-11(13)17/h2-6H,18H2,1H3,(H,19,20). The molecule has 0 aliphatic rings. The Balaban J connectivity index is 2.32. The molecule has 0 atom stereocenters. The lowest BCUT2D eigenvalue weighted by atomic mass is 10.1. The normalized spacial score (nSPS) is 10.3. The minimum atomic E-state index is -1.34. The highest BCUT2D eigenvalue weighted by atomic mass is 19.2. The number of nitrogens with one attached hydrogen (secondary N) is 1. The molecule has 110 valence electrons. The zero-order valence-corrected chi connectivity index (χ0v) is 10.9. The molecular formula is C14H11F3N2O2. The van der Waals surface area contributed by atoms with E-state index in [0.29, 0.717) is 17.9 Å². The molecule has 0 aliphatic carbocycles. The molecule has 2 aromatic carbocycles. The van der Waals surface area contributed by atoms with Crippen LogP contribution >= 0.6 is 0 Å². The predicted octanol–water partition coefficient (Wildman–Crippen LogP) is 2.95. The zero-order valence-electron chi connectivity index (χ0n) is 10.9. The molecule has 2 aromatic rings. The van der Waals surface area contributed by atoms with E-state index in [4.69, 9.17) is 10.5 Å². The molecule has 0 bridgehead atoms. The number of methoxy groups -OCH3 is 1. The number of amides is 1. The topological polar surface area (TPSA) is 64.3 Å². The number of anilines is 2. The minimum Gasteiger partial charge on any atom is -0.497 e. The summed E-state index contributed by atoms with van der Waals surface area (Å²) in [6, 6.07) is 5.24. The van der Waals surface area contributed by atoms with E-state index in [1.54, 1.807) is 6.07 Å². The molecular weight excluding hydrogens is 285 g/mol. The smallest absolute Gasteiger partial charge is 0.257 e. The van der Waals surface area contributed by atoms with Gasteiger partial charge in [0.05, 0.1) is 18.4 Å². The second kappa shape index (κ2) is 5.74. The number of rotatable bonds is 3. The molecule has 0 aromatic heterocycles. The molecule has 7 heteroatoms. The van der Waals surface area contributed by atoms with Crippen LogP contribution in [0.25, 0.3) is 0 Å². The molecule has 0 radical (unpaired) electrons. The van der Waals surface area contributed by atoms with Crippen molar-refractivity contribution in [1.29, 1.82) is 0 Å². The van der Waals surface area contributed by atoms with Crippen LogP contribution in [-0.2, 0) is 0 Å². The van der Waals surface area contributed by atoms with Gasteiger partial charge < -0.3 is 15.8 Å². The average Bonchev–Trinajstić information content (AvgIpc) is 2.45. The van der Waals surface area contributed by atoms with Crippen LogP contribution in [-0.4, -0.2) is 13.0 Å². The van der Waals surface area contributed by atoms with Crippen molar-refractivity contribution in [3.05, 3.63) is 53.3 Å². The van der Waals surface area contributed by atoms with E-state index in [1.165, 1.54) is 19.2 Å². The largest absolute Gasteiger partial charge is 0.497 e. The molecule has 0 spiro atoms. The van der Waals surface area contributed by atoms with Gasteiger partial charge in [0.25, 0.3) is 5.91 Å². The molecule has 0 saturated carbocycles. The summed E-state index contributed by atoms with van der Waals surface area (Å²) in [7, 11) is 1.40. The molecule has 0 unspecified atom stereocenters. The van der Waals surface area contributed by atoms with Crippen molar-refractivity contribution >= 4 is 17.3 Å². The van der Waals surface area contributed by atoms with Crippen LogP contribution in [0.15, 0.2) is 30.3 Å². The Hall–Kier alpha value is -2.70. The second-order valence-corrected chi connectivity index (χ2v) is 4.15. The summed E-state index contributed by atoms with van der Waals surface area (Å²) in [5.74, 6) is -4.10. The Bertz CT molecular complexity index is 705. The van der Waals surface area contributed by atoms with E-state index < -0.39 is 29.0 Å². The third kappa shape index (κ3) is 3.07. The van der Waals surface area contributed by atoms with Gasteiger partial charge >= 0.3 is 0 Å². The Morgan fingerprint density at radius 3 is 2.43 bits per heavy atom. The molecule has 4 nitrogen and oxygen atoms in total. The predicted molar refractivity (Wildman–Crippen MR) is 71.7 cm³/mol. The van der Waals surface area contributed by atoms with E-state index in [-0.39, 0.29) is 11.3 Å². The van der Waals surface area contributed by atoms with Crippen molar-refractivity contribution in [2.24, 2.45) is 0 Å². The maximum atomic E-state index is 13.5. The van der Waals surface area contributed by atoms with Crippen molar-refractivity contribution in [2.45, 2.75) is 0 Å². The minimum absolute atomic E-state index is 0.0264. The molecule has 3 N–H and O–H groups in total. The van der Waals surface area contributed by atoms with Gasteiger partial charge in [0.1, 0.15) is 11.6 Å². The second-order valence-electron chi connectivity index (χ2n) is 4.15. The summed E-state index contributed by atoms with van der Waals surface area (Å²) in [5, 5.41) is 2.13. The lowest BCUT2D eigenvalue weighted by Crippen LogP contribution is -2.15. The third-order valence-corrected chi connectivity index (χ3v) is 2.76. The van der Waals surface area contributed by atoms with E-state index in [2.05, 4.69) is 5.32 Å². The summed E-state index contributed by atoms with van der Waals surface area (Å²) >= 11 is 0. The zero-order chi connectivity index (χ0) is 15.6. The molecule has 2 rings (SSSR count). The van der Waals surface area contributed by atoms with Gasteiger partial charge in [-0.15, -0.1) is 0 Å². The van der Waals surface area contributed by atoms with Crippen molar-refractivity contribution in [1.82, 2.24) is 0 Å². The van der Waals surface area contributed by atoms with Crippen molar-refractivity contribution in [2.75, 3.05) is 18.2 Å². The Kier molecular flexibility index (Phi) is 4.02. The van der Waals surface area contributed by atoms with Crippen LogP contribution in [0, 0.1) is 17.5 Å². The van der Waals surface area contributed by atoms with Crippen LogP contribution in [0.4, 0.5) is 24.5 Å². The van der Waals surface area contributed by atoms with Gasteiger partial charge in [0, 0.05) is 17.8 Å². The molecule has 1 amide bonds. The van der Waals surface area contributed by atoms with Gasteiger partial charge in [-0.05, 0) is 18.2 Å². The number of benzene rings is 2. The Labute approximate surface area is 118 Å². The quantitative estimate of drug-likeness (QED) is 0.676. The highest BCUT2D eigenvalue weighted by Gasteiger charge is 2.15. The van der Waals surface area contributed by atoms with Gasteiger partial charge in [-0.25, -0.2) is 13.2 Å². The van der Waals surface area contributed by atoms with Crippen LogP contribution in [0.1, 0.15) is 10.4 Å². The molecule has 0 heterocycles. The van der Waals surface area contributed by atoms with E-state index in [1.807, 2.05) is 0 Å². The van der Waals surface area contributed by atoms with Crippen molar-refractivity contribution in [3.63, 3.8) is 0 Å². The van der Waals surface area contributed by atoms with Crippen LogP contribution in [0.3, 0.4) is 0 Å². The highest BCUT2D eigenvalue weighted by Crippen LogP contribution is 2.23. The van der Waals surface area contributed by atoms with E-state index in [0.717, 1.165) is 0 Å². The summed E-state index contributed by atoms with van der Waals surface area (Å²) in [6.45, 7) is 0. The maximum absolute atomic E-state index is 13.5. The lowest BCUT2D eigenvalue weighted by Gasteiger charge is -2.10. The molecule has 0 fully saturated rings. The summed E-state index contributed by atoms with van der Waals surface area (Å²) in [5.41, 5.74) is 5.32. The first-order chi connectivity index (χ1) is 9.92. The first kappa shape index (κ1) is 14.7. The summed E-state index contributed by atoms with van der Waals surface area (Å²) < 4.78 is 44.3. The number of halogens is 3. The van der Waals surface area contributed by atoms with Gasteiger partial charge in [0.2, 0.25) is 0 Å². The summed E-state index contributed by atoms with van der Waals surface area (Å²) in [4.78, 5) is 12.0. The Morgan fingerprint density at radius 2 is 1.76 bits per heavy atom. The molecule has 0 saturated heterocycles. The fourth-order valence-corrected chi connectivity index (χ4v) is 1.67. The van der Waals surface area contributed by atoms with E-state index in [9.17, 15) is 18.0 Å². The van der Waals surface area contributed by atoms with Crippen LogP contribution in [0.2, 0.25) is 0 Å². The first-order valence-corrected chi connectivity index (χ1v) is 5.81. The number of nitrogen functional groups attached to an aromatic ring is 1. The first-order valence-electron chi connectivity index (χ1n) is 5.81. The highest BCUT2D eigenvalue weighted by molar-refractivity contribution is 6.08. The van der Waals surface area contributed by atoms with E-state index >= 15 is 0 Å². The number of carbonyl (C=O) groups is 1. The molecule has 0 aliphatic heterocycles. The molecule has 21 heavy (non-hydrogen) atoms. The van der Waals surface area contributed by atoms with Crippen LogP contribution < -0.4 is 15.8 Å². The maximum Gasteiger partial charge on any atom is 0.257 e. The number of nitrogens with two attached hydrogens (primary N) is 1. The van der Waals surface area contributed by atoms with Crippen LogP contribution in [0.5, 0.6) is 5.75 Å². The fraction of sp³-hybridized carbons (Fsp3) is 0.0714. The van der Waals surface area contributed by atoms with Crippen molar-refractivity contribution in [3.8, 4) is 5.75 Å². The van der Waals surface area contributed by atoms with Gasteiger partial charge in [0.15, 0.2) is 11.6 Å². The third-order valence-electron chi connectivity index (χ3n) is 2.76. The number of hydrogen-bond donors (Lipinski definition) is 2. The lowest BCUT2D eigenvalue weighted by molar-refractivity contribution is 0.102. The fourth-order valence-electron chi connectivity index (χ4n) is 1.67. The number of hydrogen-bond acceptors (Lipinski definition) is 3.